The van der Waals surface area contributed by atoms with Gasteiger partial charge in [0.1, 0.15) is 6.54 Å². The molecule has 0 aromatic heterocycles. The largest absolute Gasteiger partial charge is 0.468 e. The molecule has 13 heavy (non-hydrogen) atoms. The highest BCUT2D eigenvalue weighted by molar-refractivity contribution is 5.84. The Morgan fingerprint density at radius 1 is 1.62 bits per heavy atom. The van der Waals surface area contributed by atoms with Crippen LogP contribution in [0.25, 0.3) is 0 Å². The number of carbonyl (C=O) groups is 2. The minimum Gasteiger partial charge on any atom is -0.468 e. The predicted octanol–water partition coefficient (Wildman–Crippen LogP) is -0.593. The second kappa shape index (κ2) is 4.23. The summed E-state index contributed by atoms with van der Waals surface area (Å²) in [5.74, 6) is -0.456. The summed E-state index contributed by atoms with van der Waals surface area (Å²) in [5.41, 5.74) is 0. The quantitative estimate of drug-likeness (QED) is 0.554. The Labute approximate surface area is 76.6 Å². The van der Waals surface area contributed by atoms with Crippen LogP contribution < -0.4 is 0 Å². The molecule has 1 aliphatic rings. The average molecular weight is 187 g/mol. The first-order valence-electron chi connectivity index (χ1n) is 4.04. The van der Waals surface area contributed by atoms with E-state index in [1.165, 1.54) is 12.0 Å². The molecule has 0 spiro atoms. The van der Waals surface area contributed by atoms with Crippen molar-refractivity contribution in [1.82, 2.24) is 4.90 Å². The molecule has 0 aliphatic carbocycles. The second-order valence-corrected chi connectivity index (χ2v) is 2.91. The first kappa shape index (κ1) is 9.98. The van der Waals surface area contributed by atoms with E-state index in [0.717, 1.165) is 0 Å². The molecule has 0 saturated carbocycles. The highest BCUT2D eigenvalue weighted by atomic mass is 16.5. The molecule has 0 aromatic carbocycles. The number of carbonyl (C=O) groups excluding carboxylic acids is 2. The number of methoxy groups -OCH3 is 2. The minimum absolute atomic E-state index is 0.0230. The van der Waals surface area contributed by atoms with Crippen molar-refractivity contribution in [2.24, 2.45) is 0 Å². The molecule has 1 atom stereocenters. The maximum absolute atomic E-state index is 11.2. The zero-order valence-corrected chi connectivity index (χ0v) is 7.78. The smallest absolute Gasteiger partial charge is 0.325 e. The lowest BCUT2D eigenvalue weighted by atomic mass is 10.3. The van der Waals surface area contributed by atoms with Crippen LogP contribution in [0.2, 0.25) is 0 Å². The Hall–Kier alpha value is -1.10. The third-order valence-corrected chi connectivity index (χ3v) is 2.06. The molecule has 0 unspecified atom stereocenters. The van der Waals surface area contributed by atoms with Crippen molar-refractivity contribution in [3.05, 3.63) is 0 Å². The standard InChI is InChI=1S/C8H13NO4/c1-12-6-3-7(10)9(4-6)5-8(11)13-2/h6H,3-5H2,1-2H3/t6-/m0/s1. The van der Waals surface area contributed by atoms with Crippen LogP contribution in [0.15, 0.2) is 0 Å². The molecule has 1 heterocycles. The first-order valence-corrected chi connectivity index (χ1v) is 4.04. The van der Waals surface area contributed by atoms with E-state index in [4.69, 9.17) is 4.74 Å². The number of hydrogen-bond acceptors (Lipinski definition) is 4. The third kappa shape index (κ3) is 2.42. The zero-order chi connectivity index (χ0) is 9.84. The van der Waals surface area contributed by atoms with Gasteiger partial charge in [-0.3, -0.25) is 9.59 Å². The van der Waals surface area contributed by atoms with Gasteiger partial charge in [0, 0.05) is 13.7 Å². The molecular formula is C8H13NO4. The monoisotopic (exact) mass is 187 g/mol. The molecular weight excluding hydrogens is 174 g/mol. The Balaban J connectivity index is 2.43. The molecule has 0 aromatic rings. The molecule has 74 valence electrons. The maximum atomic E-state index is 11.2. The summed E-state index contributed by atoms with van der Waals surface area (Å²) in [4.78, 5) is 23.5. The van der Waals surface area contributed by atoms with E-state index in [-0.39, 0.29) is 18.6 Å². The van der Waals surface area contributed by atoms with Gasteiger partial charge in [0.25, 0.3) is 0 Å². The molecule has 1 amide bonds. The van der Waals surface area contributed by atoms with Crippen LogP contribution in [-0.2, 0) is 19.1 Å². The summed E-state index contributed by atoms with van der Waals surface area (Å²) in [7, 11) is 2.86. The molecule has 1 saturated heterocycles. The number of esters is 1. The normalized spacial score (nSPS) is 22.2. The molecule has 0 N–H and O–H groups in total. The van der Waals surface area contributed by atoms with Crippen LogP contribution in [0.1, 0.15) is 6.42 Å². The number of hydrogen-bond donors (Lipinski definition) is 0. The Kier molecular flexibility index (Phi) is 3.25. The Bertz CT molecular complexity index is 216. The van der Waals surface area contributed by atoms with Crippen LogP contribution >= 0.6 is 0 Å². The second-order valence-electron chi connectivity index (χ2n) is 2.91. The molecule has 1 rings (SSSR count). The van der Waals surface area contributed by atoms with Gasteiger partial charge in [-0.25, -0.2) is 0 Å². The highest BCUT2D eigenvalue weighted by Gasteiger charge is 2.30. The van der Waals surface area contributed by atoms with Crippen LogP contribution in [-0.4, -0.2) is 50.2 Å². The number of amides is 1. The van der Waals surface area contributed by atoms with Crippen molar-refractivity contribution in [1.29, 1.82) is 0 Å². The van der Waals surface area contributed by atoms with E-state index in [1.54, 1.807) is 7.11 Å². The molecule has 5 nitrogen and oxygen atoms in total. The number of likely N-dealkylation sites (tertiary alicyclic amines) is 1. The summed E-state index contributed by atoms with van der Waals surface area (Å²) in [6.45, 7) is 0.500. The van der Waals surface area contributed by atoms with Crippen molar-refractivity contribution < 1.29 is 19.1 Å². The SMILES string of the molecule is COC(=O)CN1C[C@@H](OC)CC1=O. The topological polar surface area (TPSA) is 55.8 Å². The Morgan fingerprint density at radius 2 is 2.31 bits per heavy atom. The lowest BCUT2D eigenvalue weighted by molar-refractivity contribution is -0.145. The molecule has 1 aliphatic heterocycles. The van der Waals surface area contributed by atoms with Crippen LogP contribution in [0, 0.1) is 0 Å². The summed E-state index contributed by atoms with van der Waals surface area (Å²) < 4.78 is 9.47. The van der Waals surface area contributed by atoms with Crippen molar-refractivity contribution in [3.63, 3.8) is 0 Å². The molecule has 5 heteroatoms. The average Bonchev–Trinajstić information content (AvgIpc) is 2.47. The number of ether oxygens (including phenoxy) is 2. The fourth-order valence-electron chi connectivity index (χ4n) is 1.27. The van der Waals surface area contributed by atoms with Gasteiger partial charge in [0.15, 0.2) is 0 Å². The fraction of sp³-hybridized carbons (Fsp3) is 0.750. The summed E-state index contributed by atoms with van der Waals surface area (Å²) >= 11 is 0. The van der Waals surface area contributed by atoms with E-state index in [1.807, 2.05) is 0 Å². The first-order chi connectivity index (χ1) is 6.17. The van der Waals surface area contributed by atoms with Crippen molar-refractivity contribution >= 4 is 11.9 Å². The molecule has 0 bridgehead atoms. The number of rotatable bonds is 3. The van der Waals surface area contributed by atoms with E-state index in [2.05, 4.69) is 4.74 Å². The van der Waals surface area contributed by atoms with E-state index < -0.39 is 5.97 Å². The number of nitrogens with zero attached hydrogens (tertiary/aromatic N) is 1. The molecule has 0 radical (unpaired) electrons. The highest BCUT2D eigenvalue weighted by Crippen LogP contribution is 2.12. The molecule has 1 fully saturated rings. The summed E-state index contributed by atoms with van der Waals surface area (Å²) in [5, 5.41) is 0. The van der Waals surface area contributed by atoms with E-state index in [9.17, 15) is 9.59 Å². The predicted molar refractivity (Wildman–Crippen MR) is 44.0 cm³/mol. The summed E-state index contributed by atoms with van der Waals surface area (Å²) in [6, 6.07) is 0. The van der Waals surface area contributed by atoms with Crippen LogP contribution in [0.3, 0.4) is 0 Å². The third-order valence-electron chi connectivity index (χ3n) is 2.06. The lowest BCUT2D eigenvalue weighted by Gasteiger charge is -2.13. The minimum atomic E-state index is -0.398. The summed E-state index contributed by atoms with van der Waals surface area (Å²) in [6.07, 6.45) is 0.269. The van der Waals surface area contributed by atoms with Crippen LogP contribution in [0.4, 0.5) is 0 Å². The fourth-order valence-corrected chi connectivity index (χ4v) is 1.27. The van der Waals surface area contributed by atoms with Crippen molar-refractivity contribution in [2.75, 3.05) is 27.3 Å². The lowest BCUT2D eigenvalue weighted by Crippen LogP contribution is -2.32. The van der Waals surface area contributed by atoms with Gasteiger partial charge in [-0.05, 0) is 0 Å². The van der Waals surface area contributed by atoms with Crippen LogP contribution in [0.5, 0.6) is 0 Å². The van der Waals surface area contributed by atoms with Crippen molar-refractivity contribution in [2.45, 2.75) is 12.5 Å². The zero-order valence-electron chi connectivity index (χ0n) is 7.78. The van der Waals surface area contributed by atoms with E-state index >= 15 is 0 Å². The maximum Gasteiger partial charge on any atom is 0.325 e. The van der Waals surface area contributed by atoms with E-state index in [0.29, 0.717) is 13.0 Å². The van der Waals surface area contributed by atoms with Gasteiger partial charge < -0.3 is 14.4 Å². The van der Waals surface area contributed by atoms with Gasteiger partial charge in [-0.1, -0.05) is 0 Å². The van der Waals surface area contributed by atoms with Gasteiger partial charge in [-0.2, -0.15) is 0 Å². The van der Waals surface area contributed by atoms with Crippen molar-refractivity contribution in [3.8, 4) is 0 Å². The van der Waals surface area contributed by atoms with Gasteiger partial charge in [-0.15, -0.1) is 0 Å². The van der Waals surface area contributed by atoms with Gasteiger partial charge in [0.05, 0.1) is 19.6 Å². The van der Waals surface area contributed by atoms with Gasteiger partial charge >= 0.3 is 5.97 Å². The Morgan fingerprint density at radius 3 is 2.77 bits per heavy atom. The van der Waals surface area contributed by atoms with Gasteiger partial charge in [0.2, 0.25) is 5.91 Å².